The number of amides is 2. The maximum atomic E-state index is 13.6. The number of esters is 1. The molecule has 1 saturated heterocycles. The zero-order chi connectivity index (χ0) is 24.3. The average Bonchev–Trinajstić information content (AvgIpc) is 3.20. The molecule has 0 aliphatic carbocycles. The second kappa shape index (κ2) is 10.4. The molecule has 1 unspecified atom stereocenters. The Bertz CT molecular complexity index is 1170. The fourth-order valence-corrected chi connectivity index (χ4v) is 5.37. The van der Waals surface area contributed by atoms with Crippen LogP contribution in [0, 0.1) is 0 Å². The number of anilines is 1. The molecule has 1 N–H and O–H groups in total. The monoisotopic (exact) mass is 560 g/mol. The largest absolute Gasteiger partial charge is 0.467 e. The Morgan fingerprint density at radius 1 is 1.06 bits per heavy atom. The minimum absolute atomic E-state index is 0.0375. The lowest BCUT2D eigenvalue weighted by Gasteiger charge is -2.36. The van der Waals surface area contributed by atoms with Gasteiger partial charge in [0.15, 0.2) is 0 Å². The predicted molar refractivity (Wildman–Crippen MR) is 139 cm³/mol. The van der Waals surface area contributed by atoms with Gasteiger partial charge in [0, 0.05) is 39.1 Å². The molecule has 34 heavy (non-hydrogen) atoms. The standard InChI is InChI=1S/C26H23BrCl2N2O3/c1-34-24(32)26(14-17-7-9-20(27)10-8-17)15-19(18-5-3-2-4-6-18)16-31(26)25(33)30-23-12-21(28)11-22(29)13-23/h2-13,19H,14-16H2,1H3,(H,30,33)/t19-,26?/m0/s1. The Hall–Kier alpha value is -2.54. The summed E-state index contributed by atoms with van der Waals surface area (Å²) in [5, 5.41) is 3.68. The molecule has 0 bridgehead atoms. The summed E-state index contributed by atoms with van der Waals surface area (Å²) in [4.78, 5) is 28.6. The van der Waals surface area contributed by atoms with Crippen LogP contribution in [-0.4, -0.2) is 36.1 Å². The SMILES string of the molecule is COC(=O)C1(Cc2ccc(Br)cc2)C[C@H](c2ccccc2)CN1C(=O)Nc1cc(Cl)cc(Cl)c1. The number of nitrogens with zero attached hydrogens (tertiary/aromatic N) is 1. The number of halogens is 3. The van der Waals surface area contributed by atoms with Crippen LogP contribution >= 0.6 is 39.1 Å². The van der Waals surface area contributed by atoms with E-state index >= 15 is 0 Å². The summed E-state index contributed by atoms with van der Waals surface area (Å²) in [6.45, 7) is 0.357. The van der Waals surface area contributed by atoms with Crippen LogP contribution in [0.2, 0.25) is 10.0 Å². The van der Waals surface area contributed by atoms with Crippen LogP contribution in [0.5, 0.6) is 0 Å². The average molecular weight is 562 g/mol. The van der Waals surface area contributed by atoms with Gasteiger partial charge < -0.3 is 15.0 Å². The van der Waals surface area contributed by atoms with Gasteiger partial charge in [-0.25, -0.2) is 9.59 Å². The third-order valence-electron chi connectivity index (χ3n) is 6.11. The van der Waals surface area contributed by atoms with Gasteiger partial charge in [0.25, 0.3) is 0 Å². The Kier molecular flexibility index (Phi) is 7.51. The van der Waals surface area contributed by atoms with Crippen molar-refractivity contribution in [2.45, 2.75) is 24.3 Å². The summed E-state index contributed by atoms with van der Waals surface area (Å²) in [7, 11) is 1.36. The number of rotatable bonds is 5. The van der Waals surface area contributed by atoms with Gasteiger partial charge >= 0.3 is 12.0 Å². The van der Waals surface area contributed by atoms with E-state index in [1.165, 1.54) is 7.11 Å². The van der Waals surface area contributed by atoms with Crippen molar-refractivity contribution in [3.05, 3.63) is 98.4 Å². The Morgan fingerprint density at radius 3 is 2.32 bits per heavy atom. The fourth-order valence-electron chi connectivity index (χ4n) is 4.58. The van der Waals surface area contributed by atoms with Crippen LogP contribution in [0.3, 0.4) is 0 Å². The number of carbonyl (C=O) groups is 2. The minimum Gasteiger partial charge on any atom is -0.467 e. The topological polar surface area (TPSA) is 58.6 Å². The first-order valence-electron chi connectivity index (χ1n) is 10.7. The minimum atomic E-state index is -1.18. The molecule has 3 aromatic carbocycles. The van der Waals surface area contributed by atoms with Crippen molar-refractivity contribution in [1.82, 2.24) is 4.90 Å². The number of urea groups is 1. The molecule has 0 spiro atoms. The Balaban J connectivity index is 1.74. The van der Waals surface area contributed by atoms with E-state index in [0.717, 1.165) is 15.6 Å². The summed E-state index contributed by atoms with van der Waals surface area (Å²) >= 11 is 15.7. The lowest BCUT2D eigenvalue weighted by molar-refractivity contribution is -0.151. The highest BCUT2D eigenvalue weighted by atomic mass is 79.9. The van der Waals surface area contributed by atoms with E-state index in [1.54, 1.807) is 23.1 Å². The number of hydrogen-bond donors (Lipinski definition) is 1. The van der Waals surface area contributed by atoms with E-state index in [4.69, 9.17) is 27.9 Å². The number of hydrogen-bond acceptors (Lipinski definition) is 3. The number of ether oxygens (including phenoxy) is 1. The summed E-state index contributed by atoms with van der Waals surface area (Å²) < 4.78 is 6.21. The molecule has 3 aromatic rings. The normalized spacial score (nSPS) is 19.6. The highest BCUT2D eigenvalue weighted by Crippen LogP contribution is 2.42. The lowest BCUT2D eigenvalue weighted by atomic mass is 9.83. The smallest absolute Gasteiger partial charge is 0.332 e. The van der Waals surface area contributed by atoms with Crippen molar-refractivity contribution in [3.63, 3.8) is 0 Å². The van der Waals surface area contributed by atoms with Gasteiger partial charge in [-0.15, -0.1) is 0 Å². The van der Waals surface area contributed by atoms with E-state index in [9.17, 15) is 9.59 Å². The van der Waals surface area contributed by atoms with Gasteiger partial charge in [-0.05, 0) is 47.9 Å². The van der Waals surface area contributed by atoms with E-state index in [0.29, 0.717) is 35.1 Å². The van der Waals surface area contributed by atoms with Crippen molar-refractivity contribution in [2.75, 3.05) is 19.0 Å². The third kappa shape index (κ3) is 5.24. The van der Waals surface area contributed by atoms with Gasteiger partial charge in [-0.3, -0.25) is 0 Å². The van der Waals surface area contributed by atoms with Crippen LogP contribution < -0.4 is 5.32 Å². The first-order chi connectivity index (χ1) is 16.3. The molecule has 8 heteroatoms. The van der Waals surface area contributed by atoms with Crippen molar-refractivity contribution < 1.29 is 14.3 Å². The molecule has 0 aromatic heterocycles. The highest BCUT2D eigenvalue weighted by Gasteiger charge is 2.54. The van der Waals surface area contributed by atoms with E-state index in [1.807, 2.05) is 54.6 Å². The van der Waals surface area contributed by atoms with Gasteiger partial charge in [0.1, 0.15) is 5.54 Å². The number of methoxy groups -OCH3 is 1. The third-order valence-corrected chi connectivity index (χ3v) is 7.07. The number of likely N-dealkylation sites (tertiary alicyclic amines) is 1. The molecular formula is C26H23BrCl2N2O3. The van der Waals surface area contributed by atoms with Gasteiger partial charge in [-0.2, -0.15) is 0 Å². The summed E-state index contributed by atoms with van der Waals surface area (Å²) in [5.74, 6) is -0.488. The predicted octanol–water partition coefficient (Wildman–Crippen LogP) is 6.93. The summed E-state index contributed by atoms with van der Waals surface area (Å²) in [5.41, 5.74) is 1.25. The van der Waals surface area contributed by atoms with Gasteiger partial charge in [0.05, 0.1) is 7.11 Å². The quantitative estimate of drug-likeness (QED) is 0.343. The molecule has 0 saturated carbocycles. The van der Waals surface area contributed by atoms with Crippen molar-refractivity contribution in [1.29, 1.82) is 0 Å². The molecule has 2 amide bonds. The number of nitrogens with one attached hydrogen (secondary N) is 1. The maximum Gasteiger partial charge on any atom is 0.332 e. The Morgan fingerprint density at radius 2 is 1.71 bits per heavy atom. The second-order valence-corrected chi connectivity index (χ2v) is 10.1. The van der Waals surface area contributed by atoms with E-state index in [-0.39, 0.29) is 5.92 Å². The van der Waals surface area contributed by atoms with E-state index in [2.05, 4.69) is 21.2 Å². The van der Waals surface area contributed by atoms with Crippen LogP contribution in [0.4, 0.5) is 10.5 Å². The van der Waals surface area contributed by atoms with Crippen molar-refractivity contribution >= 4 is 56.8 Å². The zero-order valence-electron chi connectivity index (χ0n) is 18.4. The molecule has 0 radical (unpaired) electrons. The molecule has 4 rings (SSSR count). The van der Waals surface area contributed by atoms with Crippen LogP contribution in [-0.2, 0) is 16.0 Å². The molecule has 5 nitrogen and oxygen atoms in total. The number of benzene rings is 3. The van der Waals surface area contributed by atoms with Gasteiger partial charge in [0.2, 0.25) is 0 Å². The first-order valence-corrected chi connectivity index (χ1v) is 12.3. The molecule has 1 aliphatic heterocycles. The van der Waals surface area contributed by atoms with Crippen LogP contribution in [0.25, 0.3) is 0 Å². The van der Waals surface area contributed by atoms with Crippen molar-refractivity contribution in [3.8, 4) is 0 Å². The fraction of sp³-hybridized carbons (Fsp3) is 0.231. The molecule has 176 valence electrons. The highest BCUT2D eigenvalue weighted by molar-refractivity contribution is 9.10. The molecular weight excluding hydrogens is 539 g/mol. The summed E-state index contributed by atoms with van der Waals surface area (Å²) in [6, 6.07) is 22.0. The molecule has 1 heterocycles. The molecule has 2 atom stereocenters. The zero-order valence-corrected chi connectivity index (χ0v) is 21.5. The molecule has 1 aliphatic rings. The van der Waals surface area contributed by atoms with Crippen LogP contribution in [0.15, 0.2) is 77.3 Å². The first kappa shape index (κ1) is 24.6. The summed E-state index contributed by atoms with van der Waals surface area (Å²) in [6.07, 6.45) is 0.753. The van der Waals surface area contributed by atoms with E-state index < -0.39 is 17.5 Å². The second-order valence-electron chi connectivity index (χ2n) is 8.34. The maximum absolute atomic E-state index is 13.6. The lowest BCUT2D eigenvalue weighted by Crippen LogP contribution is -2.56. The van der Waals surface area contributed by atoms with Gasteiger partial charge in [-0.1, -0.05) is 81.6 Å². The number of carbonyl (C=O) groups excluding carboxylic acids is 2. The van der Waals surface area contributed by atoms with Crippen molar-refractivity contribution in [2.24, 2.45) is 0 Å². The molecule has 1 fully saturated rings. The Labute approximate surface area is 217 Å². The van der Waals surface area contributed by atoms with Crippen LogP contribution in [0.1, 0.15) is 23.5 Å².